The quantitative estimate of drug-likeness (QED) is 0.632. The summed E-state index contributed by atoms with van der Waals surface area (Å²) >= 11 is 0. The Morgan fingerprint density at radius 2 is 2.23 bits per heavy atom. The van der Waals surface area contributed by atoms with Gasteiger partial charge in [-0.3, -0.25) is 4.79 Å². The first kappa shape index (κ1) is 23.2. The fraction of sp³-hybridized carbons (Fsp3) is 0.500. The van der Waals surface area contributed by atoms with Gasteiger partial charge in [-0.25, -0.2) is 14.8 Å². The van der Waals surface area contributed by atoms with Crippen LogP contribution in [-0.4, -0.2) is 50.5 Å². The van der Waals surface area contributed by atoms with Crippen LogP contribution in [0.1, 0.15) is 37.8 Å². The van der Waals surface area contributed by atoms with Gasteiger partial charge in [0.15, 0.2) is 5.78 Å². The maximum Gasteiger partial charge on any atom is 0.156 e. The first-order chi connectivity index (χ1) is 14.9. The molecule has 0 spiro atoms. The molecule has 0 aliphatic carbocycles. The average molecular weight is 429 g/mol. The fourth-order valence-electron chi connectivity index (χ4n) is 3.93. The Morgan fingerprint density at radius 3 is 2.90 bits per heavy atom. The largest absolute Gasteiger partial charge is 0.378 e. The number of aliphatic imine (C=N–C) groups is 1. The van der Waals surface area contributed by atoms with E-state index in [2.05, 4.69) is 35.7 Å². The molecule has 0 aromatic heterocycles. The molecule has 0 saturated carbocycles. The maximum absolute atomic E-state index is 14.1. The molecule has 2 heterocycles. The summed E-state index contributed by atoms with van der Waals surface area (Å²) in [6, 6.07) is 4.84. The molecule has 2 atom stereocenters. The number of Topliss-reactive ketones (excluding diaryl/α,β-unsaturated/α-hetero) is 1. The van der Waals surface area contributed by atoms with Crippen LogP contribution in [0.3, 0.4) is 0 Å². The van der Waals surface area contributed by atoms with E-state index in [4.69, 9.17) is 4.74 Å². The van der Waals surface area contributed by atoms with Crippen molar-refractivity contribution in [3.05, 3.63) is 53.1 Å². The molecule has 3 rings (SSSR count). The summed E-state index contributed by atoms with van der Waals surface area (Å²) in [6.07, 6.45) is 6.16. The lowest BCUT2D eigenvalue weighted by molar-refractivity contribution is -0.117. The topological polar surface area (TPSA) is 66.0 Å². The van der Waals surface area contributed by atoms with Crippen molar-refractivity contribution < 1.29 is 13.9 Å². The second kappa shape index (κ2) is 10.7. The molecule has 0 amide bonds. The third-order valence-electron chi connectivity index (χ3n) is 5.87. The second-order valence-corrected chi connectivity index (χ2v) is 8.42. The molecular formula is C24H33FN4O2. The predicted molar refractivity (Wildman–Crippen MR) is 122 cm³/mol. The van der Waals surface area contributed by atoms with Crippen molar-refractivity contribution in [1.29, 1.82) is 0 Å². The van der Waals surface area contributed by atoms with Gasteiger partial charge in [-0.05, 0) is 40.7 Å². The van der Waals surface area contributed by atoms with Gasteiger partial charge in [0.2, 0.25) is 0 Å². The zero-order chi connectivity index (χ0) is 22.4. The molecule has 6 nitrogen and oxygen atoms in total. The van der Waals surface area contributed by atoms with E-state index in [0.29, 0.717) is 30.6 Å². The van der Waals surface area contributed by atoms with Crippen molar-refractivity contribution in [2.45, 2.75) is 33.1 Å². The minimum Gasteiger partial charge on any atom is -0.378 e. The molecular weight excluding hydrogens is 395 g/mol. The third-order valence-corrected chi connectivity index (χ3v) is 5.87. The highest BCUT2D eigenvalue weighted by atomic mass is 19.1. The average Bonchev–Trinajstić information content (AvgIpc) is 3.18. The number of benzene rings is 1. The summed E-state index contributed by atoms with van der Waals surface area (Å²) in [5, 5.41) is 5.06. The number of nitrogens with one attached hydrogen (secondary N) is 2. The zero-order valence-electron chi connectivity index (χ0n) is 18.9. The first-order valence-corrected chi connectivity index (χ1v) is 10.9. The zero-order valence-corrected chi connectivity index (χ0v) is 18.9. The Kier molecular flexibility index (Phi) is 7.98. The fourth-order valence-corrected chi connectivity index (χ4v) is 3.93. The number of hydrazine groups is 1. The molecule has 0 bridgehead atoms. The van der Waals surface area contributed by atoms with Crippen molar-refractivity contribution in [2.75, 3.05) is 33.9 Å². The van der Waals surface area contributed by atoms with Gasteiger partial charge < -0.3 is 15.1 Å². The number of nitrogens with zero attached hydrogens (tertiary/aromatic N) is 2. The summed E-state index contributed by atoms with van der Waals surface area (Å²) < 4.78 is 19.4. The number of hydrogen-bond donors (Lipinski definition) is 2. The number of rotatable bonds is 9. The first-order valence-electron chi connectivity index (χ1n) is 10.9. The van der Waals surface area contributed by atoms with Gasteiger partial charge in [0, 0.05) is 39.7 Å². The van der Waals surface area contributed by atoms with E-state index in [-0.39, 0.29) is 24.6 Å². The summed E-state index contributed by atoms with van der Waals surface area (Å²) in [5.74, 6) is 1.39. The van der Waals surface area contributed by atoms with Crippen molar-refractivity contribution in [3.8, 4) is 0 Å². The van der Waals surface area contributed by atoms with Gasteiger partial charge in [0.1, 0.15) is 11.7 Å². The number of halogens is 1. The number of hydrogen-bond acceptors (Lipinski definition) is 6. The molecule has 1 aromatic carbocycles. The number of ether oxygens (including phenoxy) is 1. The van der Waals surface area contributed by atoms with Crippen LogP contribution >= 0.6 is 0 Å². The van der Waals surface area contributed by atoms with Gasteiger partial charge in [0.05, 0.1) is 18.8 Å². The van der Waals surface area contributed by atoms with Crippen LogP contribution in [0.5, 0.6) is 0 Å². The molecule has 0 fully saturated rings. The Bertz CT molecular complexity index is 894. The summed E-state index contributed by atoms with van der Waals surface area (Å²) in [5.41, 5.74) is 6.52. The molecule has 1 aromatic rings. The Labute approximate surface area is 184 Å². The van der Waals surface area contributed by atoms with Crippen LogP contribution in [0.25, 0.3) is 5.57 Å². The highest BCUT2D eigenvalue weighted by Gasteiger charge is 2.22. The van der Waals surface area contributed by atoms with Crippen LogP contribution in [0.2, 0.25) is 0 Å². The van der Waals surface area contributed by atoms with E-state index in [0.717, 1.165) is 35.5 Å². The standard InChI is InChI=1S/C24H33FN4O2/c1-5-16(2)18-10-22(15-31-4)28-24(11-18)26-13-23(30)8-17-6-19(9-21(25)7-17)20-12-27-29(3)14-20/h6-7,9-10,14,16,18,27H,5,8,11-13,15H2,1-4H3,(H,26,28). The number of methoxy groups -OCH3 is 1. The number of carbonyl (C=O) groups excluding carboxylic acids is 1. The normalized spacial score (nSPS) is 19.6. The van der Waals surface area contributed by atoms with Crippen LogP contribution < -0.4 is 10.7 Å². The third kappa shape index (κ3) is 6.48. The van der Waals surface area contributed by atoms with Crippen LogP contribution in [0, 0.1) is 17.7 Å². The summed E-state index contributed by atoms with van der Waals surface area (Å²) in [4.78, 5) is 17.2. The number of allylic oxidation sites excluding steroid dienone is 1. The molecule has 31 heavy (non-hydrogen) atoms. The van der Waals surface area contributed by atoms with E-state index >= 15 is 0 Å². The highest BCUT2D eigenvalue weighted by Crippen LogP contribution is 2.26. The van der Waals surface area contributed by atoms with Crippen LogP contribution in [0.4, 0.5) is 4.39 Å². The van der Waals surface area contributed by atoms with Gasteiger partial charge in [-0.2, -0.15) is 0 Å². The van der Waals surface area contributed by atoms with E-state index in [1.165, 1.54) is 12.1 Å². The number of carbonyl (C=O) groups is 1. The predicted octanol–water partition coefficient (Wildman–Crippen LogP) is 3.31. The lowest BCUT2D eigenvalue weighted by Crippen LogP contribution is -2.34. The Hall–Kier alpha value is -2.51. The van der Waals surface area contributed by atoms with Gasteiger partial charge in [-0.1, -0.05) is 32.4 Å². The van der Waals surface area contributed by atoms with Crippen molar-refractivity contribution in [1.82, 2.24) is 15.8 Å². The Morgan fingerprint density at radius 1 is 1.42 bits per heavy atom. The number of ketones is 1. The van der Waals surface area contributed by atoms with E-state index in [1.54, 1.807) is 7.11 Å². The maximum atomic E-state index is 14.1. The minimum atomic E-state index is -0.328. The van der Waals surface area contributed by atoms with E-state index in [1.807, 2.05) is 24.3 Å². The minimum absolute atomic E-state index is 0.00201. The molecule has 2 aliphatic heterocycles. The van der Waals surface area contributed by atoms with Gasteiger partial charge in [0.25, 0.3) is 0 Å². The Balaban J connectivity index is 1.61. The number of amidine groups is 1. The van der Waals surface area contributed by atoms with E-state index in [9.17, 15) is 9.18 Å². The SMILES string of the molecule is CCC(C)C1C=C(COC)N=C(NCC(=O)Cc2cc(F)cc(C3=CN(C)NC3)c2)C1. The smallest absolute Gasteiger partial charge is 0.156 e. The monoisotopic (exact) mass is 428 g/mol. The van der Waals surface area contributed by atoms with Crippen LogP contribution in [-0.2, 0) is 16.0 Å². The van der Waals surface area contributed by atoms with Crippen LogP contribution in [0.15, 0.2) is 41.2 Å². The molecule has 168 valence electrons. The molecule has 2 aliphatic rings. The van der Waals surface area contributed by atoms with Gasteiger partial charge in [-0.15, -0.1) is 0 Å². The highest BCUT2D eigenvalue weighted by molar-refractivity contribution is 5.90. The van der Waals surface area contributed by atoms with E-state index < -0.39 is 0 Å². The van der Waals surface area contributed by atoms with Crippen molar-refractivity contribution in [3.63, 3.8) is 0 Å². The van der Waals surface area contributed by atoms with Crippen molar-refractivity contribution >= 4 is 17.2 Å². The molecule has 2 N–H and O–H groups in total. The molecule has 0 radical (unpaired) electrons. The molecule has 7 heteroatoms. The second-order valence-electron chi connectivity index (χ2n) is 8.42. The lowest BCUT2D eigenvalue weighted by Gasteiger charge is -2.25. The lowest BCUT2D eigenvalue weighted by atomic mass is 9.86. The van der Waals surface area contributed by atoms with Gasteiger partial charge >= 0.3 is 0 Å². The molecule has 0 saturated heterocycles. The molecule has 2 unspecified atom stereocenters. The summed E-state index contributed by atoms with van der Waals surface area (Å²) in [7, 11) is 3.55. The van der Waals surface area contributed by atoms with Crippen molar-refractivity contribution in [2.24, 2.45) is 16.8 Å². The summed E-state index contributed by atoms with van der Waals surface area (Å²) in [6.45, 7) is 5.68.